The zero-order chi connectivity index (χ0) is 7.66. The highest BCUT2D eigenvalue weighted by molar-refractivity contribution is 4.82. The van der Waals surface area contributed by atoms with Gasteiger partial charge in [-0.2, -0.15) is 0 Å². The molecule has 0 rings (SSSR count). The van der Waals surface area contributed by atoms with Gasteiger partial charge in [-0.3, -0.25) is 0 Å². The Morgan fingerprint density at radius 3 is 2.30 bits per heavy atom. The third kappa shape index (κ3) is 7.48. The van der Waals surface area contributed by atoms with E-state index in [4.69, 9.17) is 0 Å². The summed E-state index contributed by atoms with van der Waals surface area (Å²) >= 11 is 0. The number of unbranched alkanes of at least 4 members (excludes halogenated alkanes) is 2. The summed E-state index contributed by atoms with van der Waals surface area (Å²) in [5, 5.41) is 0. The van der Waals surface area contributed by atoms with Gasteiger partial charge in [-0.15, -0.1) is 0 Å². The zero-order valence-electron chi connectivity index (χ0n) is 7.14. The molecule has 0 unspecified atom stereocenters. The van der Waals surface area contributed by atoms with Gasteiger partial charge in [0.25, 0.3) is 0 Å². The molecule has 0 aliphatic carbocycles. The Hall–Kier alpha value is -0.520. The summed E-state index contributed by atoms with van der Waals surface area (Å²) in [5.41, 5.74) is 0. The van der Waals surface area contributed by atoms with Gasteiger partial charge in [0.05, 0.1) is 0 Å². The van der Waals surface area contributed by atoms with Crippen molar-refractivity contribution < 1.29 is 0 Å². The molecule has 0 saturated carbocycles. The van der Waals surface area contributed by atoms with Crippen molar-refractivity contribution in [3.05, 3.63) is 24.3 Å². The van der Waals surface area contributed by atoms with Gasteiger partial charge in [0, 0.05) is 0 Å². The first kappa shape index (κ1) is 9.48. The minimum absolute atomic E-state index is 1.17. The summed E-state index contributed by atoms with van der Waals surface area (Å²) in [4.78, 5) is 0. The molecule has 58 valence electrons. The normalized spacial score (nSPS) is 11.8. The molecule has 0 N–H and O–H groups in total. The fraction of sp³-hybridized carbons (Fsp3) is 0.600. The van der Waals surface area contributed by atoms with E-state index in [-0.39, 0.29) is 0 Å². The molecule has 0 aromatic carbocycles. The molecule has 0 heteroatoms. The van der Waals surface area contributed by atoms with Crippen molar-refractivity contribution in [1.82, 2.24) is 0 Å². The molecule has 0 aromatic heterocycles. The number of hydrogen-bond donors (Lipinski definition) is 0. The second-order valence-corrected chi connectivity index (χ2v) is 2.38. The van der Waals surface area contributed by atoms with E-state index in [1.54, 1.807) is 0 Å². The molecule has 0 aliphatic rings. The lowest BCUT2D eigenvalue weighted by Gasteiger charge is -1.88. The summed E-state index contributed by atoms with van der Waals surface area (Å²) < 4.78 is 0. The molecular weight excluding hydrogens is 120 g/mol. The Balaban J connectivity index is 2.97. The van der Waals surface area contributed by atoms with Crippen LogP contribution < -0.4 is 0 Å². The predicted octanol–water partition coefficient (Wildman–Crippen LogP) is 3.70. The van der Waals surface area contributed by atoms with Crippen LogP contribution in [0, 0.1) is 0 Å². The molecule has 0 nitrogen and oxygen atoms in total. The van der Waals surface area contributed by atoms with Gasteiger partial charge in [-0.05, 0) is 32.6 Å². The zero-order valence-corrected chi connectivity index (χ0v) is 7.14. The number of allylic oxidation sites excluding steroid dienone is 4. The van der Waals surface area contributed by atoms with Gasteiger partial charge in [0.15, 0.2) is 0 Å². The first-order chi connectivity index (χ1) is 4.91. The average molecular weight is 138 g/mol. The number of hydrogen-bond acceptors (Lipinski definition) is 0. The SMILES string of the molecule is C/C=C/CCC/C=C/CC. The summed E-state index contributed by atoms with van der Waals surface area (Å²) in [6.45, 7) is 4.24. The molecule has 0 radical (unpaired) electrons. The Kier molecular flexibility index (Phi) is 8.04. The van der Waals surface area contributed by atoms with Gasteiger partial charge >= 0.3 is 0 Å². The van der Waals surface area contributed by atoms with E-state index in [0.29, 0.717) is 0 Å². The highest BCUT2D eigenvalue weighted by Crippen LogP contribution is 1.97. The van der Waals surface area contributed by atoms with E-state index in [9.17, 15) is 0 Å². The maximum atomic E-state index is 2.27. The lowest BCUT2D eigenvalue weighted by molar-refractivity contribution is 0.864. The van der Waals surface area contributed by atoms with Crippen LogP contribution in [0.4, 0.5) is 0 Å². The van der Waals surface area contributed by atoms with Crippen molar-refractivity contribution in [3.8, 4) is 0 Å². The Morgan fingerprint density at radius 1 is 1.00 bits per heavy atom. The predicted molar refractivity (Wildman–Crippen MR) is 48.1 cm³/mol. The average Bonchev–Trinajstić information content (AvgIpc) is 1.97. The van der Waals surface area contributed by atoms with E-state index in [1.165, 1.54) is 25.7 Å². The monoisotopic (exact) mass is 138 g/mol. The van der Waals surface area contributed by atoms with Crippen molar-refractivity contribution in [2.45, 2.75) is 39.5 Å². The Morgan fingerprint density at radius 2 is 1.70 bits per heavy atom. The maximum Gasteiger partial charge on any atom is -0.0348 e. The second-order valence-electron chi connectivity index (χ2n) is 2.38. The fourth-order valence-corrected chi connectivity index (χ4v) is 0.805. The van der Waals surface area contributed by atoms with Crippen LogP contribution >= 0.6 is 0 Å². The smallest absolute Gasteiger partial charge is 0.0348 e. The fourth-order valence-electron chi connectivity index (χ4n) is 0.805. The minimum Gasteiger partial charge on any atom is -0.0917 e. The summed E-state index contributed by atoms with van der Waals surface area (Å²) in [7, 11) is 0. The van der Waals surface area contributed by atoms with Gasteiger partial charge in [0.1, 0.15) is 0 Å². The highest BCUT2D eigenvalue weighted by atomic mass is 13.8. The molecule has 0 saturated heterocycles. The van der Waals surface area contributed by atoms with Crippen LogP contribution in [-0.4, -0.2) is 0 Å². The lowest BCUT2D eigenvalue weighted by atomic mass is 10.2. The van der Waals surface area contributed by atoms with Crippen molar-refractivity contribution in [2.75, 3.05) is 0 Å². The van der Waals surface area contributed by atoms with E-state index in [2.05, 4.69) is 38.2 Å². The molecule has 0 heterocycles. The van der Waals surface area contributed by atoms with E-state index in [1.807, 2.05) is 0 Å². The first-order valence-electron chi connectivity index (χ1n) is 4.18. The van der Waals surface area contributed by atoms with Crippen LogP contribution in [-0.2, 0) is 0 Å². The summed E-state index contributed by atoms with van der Waals surface area (Å²) in [6.07, 6.45) is 13.8. The van der Waals surface area contributed by atoms with Crippen molar-refractivity contribution in [1.29, 1.82) is 0 Å². The largest absolute Gasteiger partial charge is 0.0917 e. The summed E-state index contributed by atoms with van der Waals surface area (Å²) in [6, 6.07) is 0. The van der Waals surface area contributed by atoms with Gasteiger partial charge in [-0.1, -0.05) is 31.2 Å². The van der Waals surface area contributed by atoms with E-state index < -0.39 is 0 Å². The molecule has 0 bridgehead atoms. The van der Waals surface area contributed by atoms with E-state index in [0.717, 1.165) is 0 Å². The molecule has 0 spiro atoms. The lowest BCUT2D eigenvalue weighted by Crippen LogP contribution is -1.67. The van der Waals surface area contributed by atoms with Crippen LogP contribution in [0.3, 0.4) is 0 Å². The van der Waals surface area contributed by atoms with Gasteiger partial charge in [-0.25, -0.2) is 0 Å². The molecule has 0 fully saturated rings. The second kappa shape index (κ2) is 8.48. The molecule has 0 aromatic rings. The third-order valence-electron chi connectivity index (χ3n) is 1.38. The van der Waals surface area contributed by atoms with Crippen LogP contribution in [0.2, 0.25) is 0 Å². The van der Waals surface area contributed by atoms with E-state index >= 15 is 0 Å². The molecular formula is C10H18. The molecule has 0 amide bonds. The quantitative estimate of drug-likeness (QED) is 0.401. The highest BCUT2D eigenvalue weighted by Gasteiger charge is 1.77. The van der Waals surface area contributed by atoms with Crippen LogP contribution in [0.1, 0.15) is 39.5 Å². The van der Waals surface area contributed by atoms with Crippen molar-refractivity contribution in [2.24, 2.45) is 0 Å². The first-order valence-corrected chi connectivity index (χ1v) is 4.18. The van der Waals surface area contributed by atoms with Crippen LogP contribution in [0.25, 0.3) is 0 Å². The van der Waals surface area contributed by atoms with Gasteiger partial charge < -0.3 is 0 Å². The summed E-state index contributed by atoms with van der Waals surface area (Å²) in [5.74, 6) is 0. The van der Waals surface area contributed by atoms with Crippen LogP contribution in [0.15, 0.2) is 24.3 Å². The third-order valence-corrected chi connectivity index (χ3v) is 1.38. The minimum atomic E-state index is 1.17. The van der Waals surface area contributed by atoms with Crippen LogP contribution in [0.5, 0.6) is 0 Å². The van der Waals surface area contributed by atoms with Crippen molar-refractivity contribution >= 4 is 0 Å². The number of rotatable bonds is 5. The standard InChI is InChI=1S/C10H18/c1-3-5-7-9-10-8-6-4-2/h3,5-6,8H,4,7,9-10H2,1-2H3/b5-3+,8-6+. The Labute approximate surface area is 64.6 Å². The molecule has 10 heavy (non-hydrogen) atoms. The topological polar surface area (TPSA) is 0 Å². The molecule has 0 aliphatic heterocycles. The van der Waals surface area contributed by atoms with Gasteiger partial charge in [0.2, 0.25) is 0 Å². The van der Waals surface area contributed by atoms with Crippen molar-refractivity contribution in [3.63, 3.8) is 0 Å². The Bertz CT molecular complexity index is 98.6. The molecule has 0 atom stereocenters. The maximum absolute atomic E-state index is 2.27.